The molecule has 1 heterocycles. The number of H-pyrrole nitrogens is 1. The summed E-state index contributed by atoms with van der Waals surface area (Å²) in [6, 6.07) is 6.62. The summed E-state index contributed by atoms with van der Waals surface area (Å²) >= 11 is 0. The van der Waals surface area contributed by atoms with Crippen LogP contribution in [0.25, 0.3) is 11.4 Å². The lowest BCUT2D eigenvalue weighted by molar-refractivity contribution is -0.140. The van der Waals surface area contributed by atoms with Crippen molar-refractivity contribution in [1.82, 2.24) is 25.9 Å². The number of nitrogens with one attached hydrogen (secondary N) is 2. The second-order valence-electron chi connectivity index (χ2n) is 4.26. The van der Waals surface area contributed by atoms with Crippen LogP contribution in [0.2, 0.25) is 0 Å². The third-order valence-electron chi connectivity index (χ3n) is 2.74. The minimum atomic E-state index is -0.947. The van der Waals surface area contributed by atoms with Gasteiger partial charge in [0.15, 0.2) is 0 Å². The Bertz CT molecular complexity index is 594. The molecule has 0 aliphatic carbocycles. The highest BCUT2D eigenvalue weighted by Gasteiger charge is 2.13. The third-order valence-corrected chi connectivity index (χ3v) is 2.74. The molecule has 0 spiro atoms. The number of carboxylic acids is 1. The first-order chi connectivity index (χ1) is 9.58. The van der Waals surface area contributed by atoms with Crippen LogP contribution >= 0.6 is 0 Å². The van der Waals surface area contributed by atoms with Gasteiger partial charge in [-0.15, -0.1) is 10.2 Å². The van der Waals surface area contributed by atoms with E-state index in [1.54, 1.807) is 24.3 Å². The maximum Gasteiger partial charge on any atom is 0.308 e. The summed E-state index contributed by atoms with van der Waals surface area (Å²) in [6.07, 6.45) is 0. The van der Waals surface area contributed by atoms with Crippen LogP contribution < -0.4 is 5.32 Å². The molecular formula is C12H13N5O3. The highest BCUT2D eigenvalue weighted by Crippen LogP contribution is 2.13. The lowest BCUT2D eigenvalue weighted by atomic mass is 10.1. The maximum atomic E-state index is 11.8. The smallest absolute Gasteiger partial charge is 0.308 e. The summed E-state index contributed by atoms with van der Waals surface area (Å²) in [5.74, 6) is -1.45. The van der Waals surface area contributed by atoms with Gasteiger partial charge in [-0.3, -0.25) is 9.59 Å². The number of benzene rings is 1. The Labute approximate surface area is 114 Å². The van der Waals surface area contributed by atoms with Crippen molar-refractivity contribution in [3.8, 4) is 11.4 Å². The first kappa shape index (κ1) is 13.7. The van der Waals surface area contributed by atoms with E-state index < -0.39 is 11.9 Å². The third kappa shape index (κ3) is 3.16. The Morgan fingerprint density at radius 2 is 2.05 bits per heavy atom. The van der Waals surface area contributed by atoms with Crippen molar-refractivity contribution >= 4 is 11.9 Å². The molecule has 2 aromatic rings. The zero-order valence-electron chi connectivity index (χ0n) is 10.7. The predicted molar refractivity (Wildman–Crippen MR) is 68.7 cm³/mol. The average molecular weight is 275 g/mol. The number of aromatic amines is 1. The number of carboxylic acid groups (broad SMARTS) is 1. The molecule has 8 nitrogen and oxygen atoms in total. The van der Waals surface area contributed by atoms with Gasteiger partial charge in [0.2, 0.25) is 5.82 Å². The number of aromatic nitrogens is 4. The SMILES string of the molecule is CC(CNC(=O)c1ccc(-c2nn[nH]n2)cc1)C(=O)O. The number of hydrogen-bond donors (Lipinski definition) is 3. The fourth-order valence-corrected chi connectivity index (χ4v) is 1.49. The summed E-state index contributed by atoms with van der Waals surface area (Å²) in [4.78, 5) is 22.5. The molecule has 3 N–H and O–H groups in total. The van der Waals surface area contributed by atoms with E-state index in [0.29, 0.717) is 11.4 Å². The molecule has 0 aliphatic rings. The van der Waals surface area contributed by atoms with Crippen molar-refractivity contribution in [2.75, 3.05) is 6.54 Å². The molecule has 0 bridgehead atoms. The van der Waals surface area contributed by atoms with Crippen LogP contribution in [0.5, 0.6) is 0 Å². The van der Waals surface area contributed by atoms with Gasteiger partial charge in [-0.2, -0.15) is 5.21 Å². The van der Waals surface area contributed by atoms with Gasteiger partial charge in [0, 0.05) is 17.7 Å². The van der Waals surface area contributed by atoms with E-state index in [4.69, 9.17) is 5.11 Å². The van der Waals surface area contributed by atoms with Gasteiger partial charge in [-0.1, -0.05) is 19.1 Å². The fourth-order valence-electron chi connectivity index (χ4n) is 1.49. The molecule has 1 aromatic heterocycles. The first-order valence-electron chi connectivity index (χ1n) is 5.93. The fraction of sp³-hybridized carbons (Fsp3) is 0.250. The first-order valence-corrected chi connectivity index (χ1v) is 5.93. The van der Waals surface area contributed by atoms with Gasteiger partial charge in [0.25, 0.3) is 5.91 Å². The number of tetrazole rings is 1. The van der Waals surface area contributed by atoms with Crippen molar-refractivity contribution in [2.24, 2.45) is 5.92 Å². The van der Waals surface area contributed by atoms with E-state index in [9.17, 15) is 9.59 Å². The van der Waals surface area contributed by atoms with Crippen LogP contribution in [0.3, 0.4) is 0 Å². The van der Waals surface area contributed by atoms with Crippen molar-refractivity contribution in [2.45, 2.75) is 6.92 Å². The van der Waals surface area contributed by atoms with E-state index in [-0.39, 0.29) is 12.5 Å². The molecule has 1 amide bonds. The number of rotatable bonds is 5. The Balaban J connectivity index is 1.99. The highest BCUT2D eigenvalue weighted by atomic mass is 16.4. The number of amides is 1. The zero-order valence-corrected chi connectivity index (χ0v) is 10.7. The normalized spacial score (nSPS) is 11.8. The maximum absolute atomic E-state index is 11.8. The molecule has 104 valence electrons. The minimum Gasteiger partial charge on any atom is -0.481 e. The Hall–Kier alpha value is -2.77. The number of aliphatic carboxylic acids is 1. The van der Waals surface area contributed by atoms with Gasteiger partial charge in [0.05, 0.1) is 5.92 Å². The van der Waals surface area contributed by atoms with Gasteiger partial charge < -0.3 is 10.4 Å². The monoisotopic (exact) mass is 275 g/mol. The quantitative estimate of drug-likeness (QED) is 0.722. The van der Waals surface area contributed by atoms with Gasteiger partial charge in [-0.25, -0.2) is 0 Å². The molecule has 0 aliphatic heterocycles. The second-order valence-corrected chi connectivity index (χ2v) is 4.26. The highest BCUT2D eigenvalue weighted by molar-refractivity contribution is 5.94. The Morgan fingerprint density at radius 1 is 1.35 bits per heavy atom. The molecule has 1 unspecified atom stereocenters. The molecule has 2 rings (SSSR count). The van der Waals surface area contributed by atoms with E-state index in [0.717, 1.165) is 5.56 Å². The number of carbonyl (C=O) groups excluding carboxylic acids is 1. The minimum absolute atomic E-state index is 0.0841. The lowest BCUT2D eigenvalue weighted by Crippen LogP contribution is -2.31. The topological polar surface area (TPSA) is 121 Å². The van der Waals surface area contributed by atoms with Gasteiger partial charge in [0.1, 0.15) is 0 Å². The average Bonchev–Trinajstić information content (AvgIpc) is 2.98. The van der Waals surface area contributed by atoms with Crippen LogP contribution in [-0.2, 0) is 4.79 Å². The lowest BCUT2D eigenvalue weighted by Gasteiger charge is -2.08. The van der Waals surface area contributed by atoms with E-state index >= 15 is 0 Å². The molecule has 0 fully saturated rings. The van der Waals surface area contributed by atoms with E-state index in [2.05, 4.69) is 25.9 Å². The zero-order chi connectivity index (χ0) is 14.5. The van der Waals surface area contributed by atoms with Gasteiger partial charge >= 0.3 is 5.97 Å². The predicted octanol–water partition coefficient (Wildman–Crippen LogP) is 0.317. The molecule has 1 atom stereocenters. The molecule has 0 radical (unpaired) electrons. The number of hydrogen-bond acceptors (Lipinski definition) is 5. The van der Waals surface area contributed by atoms with Crippen molar-refractivity contribution in [3.63, 3.8) is 0 Å². The standard InChI is InChI=1S/C12H13N5O3/c1-7(12(19)20)6-13-11(18)9-4-2-8(3-5-9)10-14-16-17-15-10/h2-5,7H,6H2,1H3,(H,13,18)(H,19,20)(H,14,15,16,17). The number of carbonyl (C=O) groups is 2. The summed E-state index contributed by atoms with van der Waals surface area (Å²) in [5.41, 5.74) is 1.17. The van der Waals surface area contributed by atoms with E-state index in [1.807, 2.05) is 0 Å². The molecule has 20 heavy (non-hydrogen) atoms. The van der Waals surface area contributed by atoms with Gasteiger partial charge in [-0.05, 0) is 17.3 Å². The van der Waals surface area contributed by atoms with Crippen molar-refractivity contribution in [3.05, 3.63) is 29.8 Å². The molecular weight excluding hydrogens is 262 g/mol. The molecule has 0 saturated heterocycles. The second kappa shape index (κ2) is 5.91. The summed E-state index contributed by atoms with van der Waals surface area (Å²) in [5, 5.41) is 24.7. The molecule has 1 aromatic carbocycles. The Kier molecular flexibility index (Phi) is 4.04. The largest absolute Gasteiger partial charge is 0.481 e. The van der Waals surface area contributed by atoms with Crippen LogP contribution in [0.4, 0.5) is 0 Å². The number of nitrogens with zero attached hydrogens (tertiary/aromatic N) is 3. The van der Waals surface area contributed by atoms with Crippen LogP contribution in [0.1, 0.15) is 17.3 Å². The van der Waals surface area contributed by atoms with E-state index in [1.165, 1.54) is 6.92 Å². The summed E-state index contributed by atoms with van der Waals surface area (Å²) in [7, 11) is 0. The van der Waals surface area contributed by atoms with Crippen LogP contribution in [-0.4, -0.2) is 44.2 Å². The summed E-state index contributed by atoms with van der Waals surface area (Å²) in [6.45, 7) is 1.61. The van der Waals surface area contributed by atoms with Crippen LogP contribution in [0, 0.1) is 5.92 Å². The Morgan fingerprint density at radius 3 is 2.60 bits per heavy atom. The summed E-state index contributed by atoms with van der Waals surface area (Å²) < 4.78 is 0. The van der Waals surface area contributed by atoms with Crippen molar-refractivity contribution in [1.29, 1.82) is 0 Å². The molecule has 0 saturated carbocycles. The van der Waals surface area contributed by atoms with Crippen molar-refractivity contribution < 1.29 is 14.7 Å². The molecule has 8 heteroatoms. The van der Waals surface area contributed by atoms with Crippen LogP contribution in [0.15, 0.2) is 24.3 Å².